The van der Waals surface area contributed by atoms with E-state index in [-0.39, 0.29) is 5.91 Å². The van der Waals surface area contributed by atoms with E-state index in [0.717, 1.165) is 54.1 Å². The molecule has 1 saturated heterocycles. The van der Waals surface area contributed by atoms with E-state index >= 15 is 0 Å². The zero-order valence-electron chi connectivity index (χ0n) is 18.5. The predicted octanol–water partition coefficient (Wildman–Crippen LogP) is 3.68. The number of nitrogens with one attached hydrogen (secondary N) is 2. The summed E-state index contributed by atoms with van der Waals surface area (Å²) in [5, 5.41) is 6.85. The Hall–Kier alpha value is -2.75. The quantitative estimate of drug-likeness (QED) is 0.476. The number of hydrogen-bond donors (Lipinski definition) is 2. The van der Waals surface area contributed by atoms with Gasteiger partial charge in [-0.15, -0.1) is 0 Å². The second-order valence-corrected chi connectivity index (χ2v) is 8.60. The third kappa shape index (κ3) is 5.17. The number of morpholine rings is 1. The molecule has 1 aromatic carbocycles. The molecule has 1 fully saturated rings. The smallest absolute Gasteiger partial charge is 0.257 e. The van der Waals surface area contributed by atoms with Crippen LogP contribution in [0.4, 0.5) is 10.8 Å². The SMILES string of the molecule is CCCCNCc1cc(C(=O)Nc2nc3c(OC)ccc(N4CCOCC4)c3s2)ccn1. The molecular formula is C23H29N5O3S. The average Bonchev–Trinajstić information content (AvgIpc) is 3.25. The van der Waals surface area contributed by atoms with Crippen LogP contribution in [0.1, 0.15) is 35.8 Å². The first-order valence-electron chi connectivity index (χ1n) is 11.0. The molecule has 0 atom stereocenters. The number of rotatable bonds is 9. The van der Waals surface area contributed by atoms with Gasteiger partial charge in [-0.3, -0.25) is 15.1 Å². The number of carbonyl (C=O) groups is 1. The Morgan fingerprint density at radius 1 is 1.28 bits per heavy atom. The lowest BCUT2D eigenvalue weighted by molar-refractivity contribution is 0.102. The zero-order chi connectivity index (χ0) is 22.3. The first kappa shape index (κ1) is 22.4. The number of anilines is 2. The minimum absolute atomic E-state index is 0.201. The molecule has 0 spiro atoms. The van der Waals surface area contributed by atoms with Crippen molar-refractivity contribution >= 4 is 38.3 Å². The molecule has 0 unspecified atom stereocenters. The standard InChI is InChI=1S/C23H29N5O3S/c1-3-4-8-24-15-17-14-16(7-9-25-17)22(29)27-23-26-20-19(30-2)6-5-18(21(20)32-23)28-10-12-31-13-11-28/h5-7,9,14,24H,3-4,8,10-13,15H2,1-2H3,(H,26,27,29). The summed E-state index contributed by atoms with van der Waals surface area (Å²) in [6, 6.07) is 7.52. The maximum Gasteiger partial charge on any atom is 0.257 e. The van der Waals surface area contributed by atoms with Crippen molar-refractivity contribution in [3.05, 3.63) is 41.7 Å². The Kier molecular flexibility index (Phi) is 7.51. The fourth-order valence-corrected chi connectivity index (χ4v) is 4.66. The fraction of sp³-hybridized carbons (Fsp3) is 0.435. The van der Waals surface area contributed by atoms with Crippen molar-refractivity contribution in [1.82, 2.24) is 15.3 Å². The molecule has 4 rings (SSSR count). The van der Waals surface area contributed by atoms with E-state index in [1.807, 2.05) is 12.1 Å². The number of methoxy groups -OCH3 is 1. The van der Waals surface area contributed by atoms with E-state index in [1.165, 1.54) is 11.3 Å². The zero-order valence-corrected chi connectivity index (χ0v) is 19.3. The average molecular weight is 456 g/mol. The molecule has 3 aromatic rings. The molecular weight excluding hydrogens is 426 g/mol. The lowest BCUT2D eigenvalue weighted by Gasteiger charge is -2.29. The topological polar surface area (TPSA) is 88.6 Å². The molecule has 8 nitrogen and oxygen atoms in total. The van der Waals surface area contributed by atoms with Gasteiger partial charge in [0.25, 0.3) is 5.91 Å². The molecule has 0 bridgehead atoms. The molecule has 1 aliphatic heterocycles. The molecule has 170 valence electrons. The van der Waals surface area contributed by atoms with Gasteiger partial charge in [0, 0.05) is 31.4 Å². The van der Waals surface area contributed by atoms with Gasteiger partial charge >= 0.3 is 0 Å². The summed E-state index contributed by atoms with van der Waals surface area (Å²) in [6.07, 6.45) is 3.93. The van der Waals surface area contributed by atoms with E-state index in [9.17, 15) is 4.79 Å². The van der Waals surface area contributed by atoms with Gasteiger partial charge in [0.1, 0.15) is 11.3 Å². The summed E-state index contributed by atoms with van der Waals surface area (Å²) >= 11 is 1.46. The molecule has 1 aliphatic rings. The highest BCUT2D eigenvalue weighted by Crippen LogP contribution is 2.39. The van der Waals surface area contributed by atoms with Gasteiger partial charge in [0.2, 0.25) is 0 Å². The van der Waals surface area contributed by atoms with Gasteiger partial charge < -0.3 is 19.7 Å². The lowest BCUT2D eigenvalue weighted by Crippen LogP contribution is -2.36. The largest absolute Gasteiger partial charge is 0.494 e. The first-order chi connectivity index (χ1) is 15.7. The number of unbranched alkanes of at least 4 members (excludes halogenated alkanes) is 1. The summed E-state index contributed by atoms with van der Waals surface area (Å²) < 4.78 is 12.0. The number of pyridine rings is 1. The summed E-state index contributed by atoms with van der Waals surface area (Å²) in [6.45, 7) is 6.80. The summed E-state index contributed by atoms with van der Waals surface area (Å²) in [5.41, 5.74) is 3.25. The van der Waals surface area contributed by atoms with Crippen LogP contribution in [0, 0.1) is 0 Å². The third-order valence-electron chi connectivity index (χ3n) is 5.37. The summed E-state index contributed by atoms with van der Waals surface area (Å²) in [5.74, 6) is 0.492. The molecule has 3 heterocycles. The van der Waals surface area contributed by atoms with Crippen molar-refractivity contribution in [3.63, 3.8) is 0 Å². The van der Waals surface area contributed by atoms with E-state index in [0.29, 0.717) is 36.2 Å². The van der Waals surface area contributed by atoms with Crippen molar-refractivity contribution in [1.29, 1.82) is 0 Å². The van der Waals surface area contributed by atoms with E-state index in [2.05, 4.69) is 38.5 Å². The van der Waals surface area contributed by atoms with Gasteiger partial charge in [-0.1, -0.05) is 24.7 Å². The van der Waals surface area contributed by atoms with Crippen molar-refractivity contribution < 1.29 is 14.3 Å². The van der Waals surface area contributed by atoms with Crippen LogP contribution in [-0.4, -0.2) is 55.8 Å². The van der Waals surface area contributed by atoms with E-state index < -0.39 is 0 Å². The number of amides is 1. The van der Waals surface area contributed by atoms with Gasteiger partial charge in [0.05, 0.1) is 36.4 Å². The van der Waals surface area contributed by atoms with Crippen LogP contribution in [0.2, 0.25) is 0 Å². The molecule has 2 N–H and O–H groups in total. The van der Waals surface area contributed by atoms with Gasteiger partial charge in [-0.05, 0) is 37.2 Å². The number of nitrogens with zero attached hydrogens (tertiary/aromatic N) is 3. The molecule has 0 aliphatic carbocycles. The second kappa shape index (κ2) is 10.7. The van der Waals surface area contributed by atoms with Gasteiger partial charge in [-0.25, -0.2) is 4.98 Å². The van der Waals surface area contributed by atoms with Gasteiger partial charge in [-0.2, -0.15) is 0 Å². The Morgan fingerprint density at radius 2 is 2.12 bits per heavy atom. The predicted molar refractivity (Wildman–Crippen MR) is 128 cm³/mol. The van der Waals surface area contributed by atoms with Gasteiger partial charge in [0.15, 0.2) is 5.13 Å². The molecule has 2 aromatic heterocycles. The van der Waals surface area contributed by atoms with Crippen LogP contribution in [-0.2, 0) is 11.3 Å². The van der Waals surface area contributed by atoms with E-state index in [4.69, 9.17) is 9.47 Å². The van der Waals surface area contributed by atoms with Crippen LogP contribution in [0.25, 0.3) is 10.2 Å². The van der Waals surface area contributed by atoms with Crippen molar-refractivity contribution in [2.24, 2.45) is 0 Å². The summed E-state index contributed by atoms with van der Waals surface area (Å²) in [4.78, 5) is 24.2. The third-order valence-corrected chi connectivity index (χ3v) is 6.36. The highest BCUT2D eigenvalue weighted by molar-refractivity contribution is 7.23. The number of hydrogen-bond acceptors (Lipinski definition) is 8. The molecule has 0 radical (unpaired) electrons. The number of thiazole rings is 1. The highest BCUT2D eigenvalue weighted by atomic mass is 32.1. The first-order valence-corrected chi connectivity index (χ1v) is 11.8. The van der Waals surface area contributed by atoms with Crippen molar-refractivity contribution in [2.45, 2.75) is 26.3 Å². The van der Waals surface area contributed by atoms with Crippen molar-refractivity contribution in [2.75, 3.05) is 50.2 Å². The maximum absolute atomic E-state index is 12.9. The Balaban J connectivity index is 1.53. The molecule has 1 amide bonds. The molecule has 9 heteroatoms. The van der Waals surface area contributed by atoms with Crippen LogP contribution in [0.5, 0.6) is 5.75 Å². The summed E-state index contributed by atoms with van der Waals surface area (Å²) in [7, 11) is 1.63. The Bertz CT molecular complexity index is 1060. The number of ether oxygens (including phenoxy) is 2. The van der Waals surface area contributed by atoms with Crippen LogP contribution in [0.15, 0.2) is 30.5 Å². The Morgan fingerprint density at radius 3 is 2.91 bits per heavy atom. The van der Waals surface area contributed by atoms with Crippen molar-refractivity contribution in [3.8, 4) is 5.75 Å². The lowest BCUT2D eigenvalue weighted by atomic mass is 10.2. The van der Waals surface area contributed by atoms with Crippen LogP contribution < -0.4 is 20.3 Å². The molecule has 32 heavy (non-hydrogen) atoms. The number of fused-ring (bicyclic) bond motifs is 1. The number of aromatic nitrogens is 2. The van der Waals surface area contributed by atoms with Crippen LogP contribution in [0.3, 0.4) is 0 Å². The number of benzene rings is 1. The monoisotopic (exact) mass is 455 g/mol. The Labute approximate surface area is 192 Å². The highest BCUT2D eigenvalue weighted by Gasteiger charge is 2.20. The maximum atomic E-state index is 12.9. The number of carbonyl (C=O) groups excluding carboxylic acids is 1. The van der Waals surface area contributed by atoms with Crippen LogP contribution >= 0.6 is 11.3 Å². The fourth-order valence-electron chi connectivity index (χ4n) is 3.65. The molecule has 0 saturated carbocycles. The second-order valence-electron chi connectivity index (χ2n) is 7.60. The minimum atomic E-state index is -0.201. The normalized spacial score (nSPS) is 14.0. The minimum Gasteiger partial charge on any atom is -0.494 e. The van der Waals surface area contributed by atoms with E-state index in [1.54, 1.807) is 19.4 Å².